The molecule has 36 heavy (non-hydrogen) atoms. The molecule has 0 aliphatic carbocycles. The Morgan fingerprint density at radius 3 is 2.67 bits per heavy atom. The quantitative estimate of drug-likeness (QED) is 0.312. The Hall–Kier alpha value is -3.84. The van der Waals surface area contributed by atoms with Gasteiger partial charge in [0, 0.05) is 53.4 Å². The second kappa shape index (κ2) is 9.66. The van der Waals surface area contributed by atoms with Crippen LogP contribution in [-0.4, -0.2) is 65.4 Å². The fraction of sp³-hybridized carbons (Fsp3) is 0.310. The molecule has 0 bridgehead atoms. The van der Waals surface area contributed by atoms with E-state index in [0.717, 1.165) is 64.3 Å². The van der Waals surface area contributed by atoms with E-state index in [9.17, 15) is 0 Å². The first-order chi connectivity index (χ1) is 17.7. The van der Waals surface area contributed by atoms with E-state index in [1.54, 1.807) is 6.20 Å². The van der Waals surface area contributed by atoms with Crippen molar-refractivity contribution < 1.29 is 4.74 Å². The molecule has 3 aromatic heterocycles. The zero-order chi connectivity index (χ0) is 24.5. The molecule has 184 valence electrons. The summed E-state index contributed by atoms with van der Waals surface area (Å²) >= 11 is 0. The van der Waals surface area contributed by atoms with Crippen LogP contribution in [0.3, 0.4) is 0 Å². The van der Waals surface area contributed by atoms with Crippen molar-refractivity contribution in [2.24, 2.45) is 0 Å². The van der Waals surface area contributed by atoms with E-state index in [1.165, 1.54) is 30.3 Å². The third kappa shape index (κ3) is 4.42. The number of piperidine rings is 1. The third-order valence-corrected chi connectivity index (χ3v) is 7.01. The molecule has 1 aliphatic heterocycles. The van der Waals surface area contributed by atoms with Crippen LogP contribution in [0, 0.1) is 0 Å². The molecule has 0 radical (unpaired) electrons. The molecular formula is C29H32N6O. The lowest BCUT2D eigenvalue weighted by Crippen LogP contribution is -2.29. The summed E-state index contributed by atoms with van der Waals surface area (Å²) in [6.45, 7) is 3.74. The van der Waals surface area contributed by atoms with Crippen LogP contribution < -0.4 is 9.64 Å². The summed E-state index contributed by atoms with van der Waals surface area (Å²) in [4.78, 5) is 12.7. The molecule has 1 aliphatic rings. The number of aromatic amines is 2. The van der Waals surface area contributed by atoms with E-state index >= 15 is 0 Å². The van der Waals surface area contributed by atoms with E-state index in [1.807, 2.05) is 20.3 Å². The van der Waals surface area contributed by atoms with Gasteiger partial charge in [0.15, 0.2) is 0 Å². The first kappa shape index (κ1) is 22.6. The average Bonchev–Trinajstić information content (AvgIpc) is 3.53. The zero-order valence-corrected chi connectivity index (χ0v) is 20.9. The van der Waals surface area contributed by atoms with Gasteiger partial charge < -0.3 is 19.5 Å². The standard InChI is InChI=1S/C29H32N6O/c1-34(2)13-14-36-22-15-21(18-30-19-22)20-9-10-26-24(16-20)29(33-32-26)27-17-23-25(31-27)7-6-8-28(23)35-11-4-3-5-12-35/h6-10,15-19,31H,3-5,11-14H2,1-2H3,(H,32,33). The monoisotopic (exact) mass is 480 g/mol. The molecule has 5 aromatic rings. The van der Waals surface area contributed by atoms with E-state index in [4.69, 9.17) is 9.84 Å². The smallest absolute Gasteiger partial charge is 0.138 e. The maximum absolute atomic E-state index is 5.91. The Kier molecular flexibility index (Phi) is 6.07. The highest BCUT2D eigenvalue weighted by Crippen LogP contribution is 2.35. The molecule has 7 heteroatoms. The number of pyridine rings is 1. The molecule has 1 fully saturated rings. The van der Waals surface area contributed by atoms with Gasteiger partial charge in [-0.2, -0.15) is 5.10 Å². The molecule has 2 aromatic carbocycles. The van der Waals surface area contributed by atoms with Crippen molar-refractivity contribution >= 4 is 27.5 Å². The number of aromatic nitrogens is 4. The zero-order valence-electron chi connectivity index (χ0n) is 20.9. The van der Waals surface area contributed by atoms with Crippen molar-refractivity contribution in [2.45, 2.75) is 19.3 Å². The molecule has 2 N–H and O–H groups in total. The van der Waals surface area contributed by atoms with Crippen molar-refractivity contribution in [1.29, 1.82) is 0 Å². The van der Waals surface area contributed by atoms with Crippen LogP contribution in [0.25, 0.3) is 44.3 Å². The number of fused-ring (bicyclic) bond motifs is 2. The molecular weight excluding hydrogens is 448 g/mol. The van der Waals surface area contributed by atoms with Crippen molar-refractivity contribution in [3.05, 3.63) is 60.9 Å². The number of H-pyrrole nitrogens is 2. The third-order valence-electron chi connectivity index (χ3n) is 7.01. The summed E-state index contributed by atoms with van der Waals surface area (Å²) in [5.74, 6) is 0.780. The van der Waals surface area contributed by atoms with Gasteiger partial charge in [0.25, 0.3) is 0 Å². The number of anilines is 1. The maximum atomic E-state index is 5.91. The van der Waals surface area contributed by atoms with Gasteiger partial charge >= 0.3 is 0 Å². The Bertz CT molecular complexity index is 1490. The van der Waals surface area contributed by atoms with E-state index in [0.29, 0.717) is 6.61 Å². The second-order valence-electron chi connectivity index (χ2n) is 9.86. The SMILES string of the molecule is CN(C)CCOc1cncc(-c2ccc3[nH]nc(-c4cc5c(N6CCCCC6)cccc5[nH]4)c3c2)c1. The normalized spacial score (nSPS) is 14.2. The van der Waals surface area contributed by atoms with E-state index in [2.05, 4.69) is 73.4 Å². The van der Waals surface area contributed by atoms with Crippen LogP contribution in [0.15, 0.2) is 60.9 Å². The van der Waals surface area contributed by atoms with E-state index in [-0.39, 0.29) is 0 Å². The van der Waals surface area contributed by atoms with Gasteiger partial charge in [0.05, 0.1) is 17.4 Å². The van der Waals surface area contributed by atoms with Gasteiger partial charge in [0.2, 0.25) is 0 Å². The van der Waals surface area contributed by atoms with E-state index < -0.39 is 0 Å². The highest BCUT2D eigenvalue weighted by Gasteiger charge is 2.17. The summed E-state index contributed by atoms with van der Waals surface area (Å²) in [5.41, 5.74) is 7.53. The number of hydrogen-bond donors (Lipinski definition) is 2. The predicted molar refractivity (Wildman–Crippen MR) is 147 cm³/mol. The van der Waals surface area contributed by atoms with Crippen molar-refractivity contribution in [1.82, 2.24) is 25.1 Å². The number of benzene rings is 2. The predicted octanol–water partition coefficient (Wildman–Crippen LogP) is 5.70. The summed E-state index contributed by atoms with van der Waals surface area (Å²) in [5, 5.41) is 10.2. The minimum Gasteiger partial charge on any atom is -0.491 e. The van der Waals surface area contributed by atoms with Crippen LogP contribution in [0.4, 0.5) is 5.69 Å². The van der Waals surface area contributed by atoms with Crippen LogP contribution in [-0.2, 0) is 0 Å². The van der Waals surface area contributed by atoms with Gasteiger partial charge in [-0.1, -0.05) is 12.1 Å². The first-order valence-corrected chi connectivity index (χ1v) is 12.7. The van der Waals surface area contributed by atoms with Crippen LogP contribution in [0.1, 0.15) is 19.3 Å². The van der Waals surface area contributed by atoms with Crippen LogP contribution in [0.2, 0.25) is 0 Å². The summed E-state index contributed by atoms with van der Waals surface area (Å²) in [6.07, 6.45) is 7.50. The number of nitrogens with zero attached hydrogens (tertiary/aromatic N) is 4. The van der Waals surface area contributed by atoms with Gasteiger partial charge in [-0.15, -0.1) is 0 Å². The molecule has 0 spiro atoms. The summed E-state index contributed by atoms with van der Waals surface area (Å²) in [6, 6.07) is 17.2. The molecule has 0 amide bonds. The highest BCUT2D eigenvalue weighted by atomic mass is 16.5. The number of rotatable bonds is 7. The lowest BCUT2D eigenvalue weighted by Gasteiger charge is -2.29. The Morgan fingerprint density at radius 2 is 1.81 bits per heavy atom. The molecule has 0 saturated carbocycles. The van der Waals surface area contributed by atoms with Crippen LogP contribution >= 0.6 is 0 Å². The topological polar surface area (TPSA) is 73.1 Å². The summed E-state index contributed by atoms with van der Waals surface area (Å²) in [7, 11) is 4.08. The number of nitrogens with one attached hydrogen (secondary N) is 2. The lowest BCUT2D eigenvalue weighted by molar-refractivity contribution is 0.261. The number of likely N-dealkylation sites (N-methyl/N-ethyl adjacent to an activating group) is 1. The molecule has 0 atom stereocenters. The second-order valence-corrected chi connectivity index (χ2v) is 9.86. The van der Waals surface area contributed by atoms with Crippen molar-refractivity contribution in [2.75, 3.05) is 45.2 Å². The Labute approximate surface area is 211 Å². The molecule has 6 rings (SSSR count). The molecule has 4 heterocycles. The lowest BCUT2D eigenvalue weighted by atomic mass is 10.0. The van der Waals surface area contributed by atoms with Gasteiger partial charge in [0.1, 0.15) is 18.1 Å². The van der Waals surface area contributed by atoms with Gasteiger partial charge in [-0.3, -0.25) is 10.1 Å². The minimum absolute atomic E-state index is 0.628. The first-order valence-electron chi connectivity index (χ1n) is 12.7. The Morgan fingerprint density at radius 1 is 0.917 bits per heavy atom. The number of hydrogen-bond acceptors (Lipinski definition) is 5. The van der Waals surface area contributed by atoms with Crippen molar-refractivity contribution in [3.8, 4) is 28.3 Å². The number of ether oxygens (including phenoxy) is 1. The Balaban J connectivity index is 1.34. The molecule has 7 nitrogen and oxygen atoms in total. The fourth-order valence-electron chi connectivity index (χ4n) is 5.08. The maximum Gasteiger partial charge on any atom is 0.138 e. The fourth-order valence-corrected chi connectivity index (χ4v) is 5.08. The molecule has 1 saturated heterocycles. The van der Waals surface area contributed by atoms with Gasteiger partial charge in [-0.05, 0) is 75.3 Å². The minimum atomic E-state index is 0.628. The van der Waals surface area contributed by atoms with Crippen LogP contribution in [0.5, 0.6) is 5.75 Å². The average molecular weight is 481 g/mol. The molecule has 0 unspecified atom stereocenters. The van der Waals surface area contributed by atoms with Gasteiger partial charge in [-0.25, -0.2) is 0 Å². The summed E-state index contributed by atoms with van der Waals surface area (Å²) < 4.78 is 5.91. The largest absolute Gasteiger partial charge is 0.491 e. The van der Waals surface area contributed by atoms with Crippen molar-refractivity contribution in [3.63, 3.8) is 0 Å². The highest BCUT2D eigenvalue weighted by molar-refractivity contribution is 6.00.